The van der Waals surface area contributed by atoms with Crippen LogP contribution in [0.1, 0.15) is 40.8 Å². The zero-order valence-corrected chi connectivity index (χ0v) is 11.9. The largest absolute Gasteiger partial charge is 0.416 e. The highest BCUT2D eigenvalue weighted by molar-refractivity contribution is 5.37. The second kappa shape index (κ2) is 5.74. The molecule has 5 heteroatoms. The van der Waals surface area contributed by atoms with Gasteiger partial charge in [0.15, 0.2) is 0 Å². The minimum Gasteiger partial charge on any atom is -0.324 e. The van der Waals surface area contributed by atoms with Crippen molar-refractivity contribution in [2.45, 2.75) is 31.2 Å². The van der Waals surface area contributed by atoms with Gasteiger partial charge in [-0.3, -0.25) is 0 Å². The first-order valence-electron chi connectivity index (χ1n) is 7.19. The Morgan fingerprint density at radius 3 is 2.36 bits per heavy atom. The molecule has 0 aromatic heterocycles. The maximum atomic E-state index is 13.0. The van der Waals surface area contributed by atoms with Crippen LogP contribution in [-0.4, -0.2) is 0 Å². The van der Waals surface area contributed by atoms with Crippen molar-refractivity contribution in [1.82, 2.24) is 5.32 Å². The number of halogens is 3. The zero-order chi connectivity index (χ0) is 15.7. The Kier molecular flexibility index (Phi) is 3.93. The molecule has 3 N–H and O–H groups in total. The first kappa shape index (κ1) is 15.1. The van der Waals surface area contributed by atoms with Gasteiger partial charge in [-0.05, 0) is 29.2 Å². The fourth-order valence-electron chi connectivity index (χ4n) is 3.05. The molecule has 0 fully saturated rings. The first-order valence-corrected chi connectivity index (χ1v) is 7.19. The van der Waals surface area contributed by atoms with Crippen molar-refractivity contribution in [2.75, 3.05) is 0 Å². The van der Waals surface area contributed by atoms with E-state index in [0.717, 1.165) is 17.2 Å². The van der Waals surface area contributed by atoms with Crippen LogP contribution in [0.15, 0.2) is 48.5 Å². The summed E-state index contributed by atoms with van der Waals surface area (Å²) in [5, 5.41) is 3.22. The van der Waals surface area contributed by atoms with Crippen LogP contribution in [0.25, 0.3) is 0 Å². The molecule has 0 amide bonds. The van der Waals surface area contributed by atoms with Crippen molar-refractivity contribution in [3.05, 3.63) is 70.8 Å². The summed E-state index contributed by atoms with van der Waals surface area (Å²) >= 11 is 0. The molecule has 116 valence electrons. The van der Waals surface area contributed by atoms with E-state index < -0.39 is 11.7 Å². The molecule has 0 aliphatic heterocycles. The van der Waals surface area contributed by atoms with E-state index in [2.05, 4.69) is 5.32 Å². The van der Waals surface area contributed by atoms with Gasteiger partial charge in [-0.25, -0.2) is 0 Å². The molecule has 3 rings (SSSR count). The van der Waals surface area contributed by atoms with Gasteiger partial charge >= 0.3 is 6.18 Å². The van der Waals surface area contributed by atoms with Crippen LogP contribution >= 0.6 is 0 Å². The molecule has 0 radical (unpaired) electrons. The lowest BCUT2D eigenvalue weighted by atomic mass is 10.1. The average molecular weight is 306 g/mol. The molecule has 2 nitrogen and oxygen atoms in total. The summed E-state index contributed by atoms with van der Waals surface area (Å²) in [6, 6.07) is 13.4. The highest BCUT2D eigenvalue weighted by Crippen LogP contribution is 2.37. The Hall–Kier alpha value is -1.85. The van der Waals surface area contributed by atoms with Crippen LogP contribution in [0, 0.1) is 0 Å². The molecule has 0 spiro atoms. The summed E-state index contributed by atoms with van der Waals surface area (Å²) < 4.78 is 39.0. The van der Waals surface area contributed by atoms with E-state index in [1.54, 1.807) is 6.07 Å². The van der Waals surface area contributed by atoms with Gasteiger partial charge in [-0.2, -0.15) is 13.2 Å². The van der Waals surface area contributed by atoms with Gasteiger partial charge in [0.2, 0.25) is 0 Å². The molecule has 0 heterocycles. The molecule has 2 atom stereocenters. The van der Waals surface area contributed by atoms with Gasteiger partial charge in [0.05, 0.1) is 5.56 Å². The van der Waals surface area contributed by atoms with Gasteiger partial charge in [0, 0.05) is 18.6 Å². The number of alkyl halides is 3. The van der Waals surface area contributed by atoms with Crippen molar-refractivity contribution in [3.8, 4) is 0 Å². The molecule has 2 unspecified atom stereocenters. The Bertz CT molecular complexity index is 667. The molecule has 1 aliphatic rings. The molecule has 2 aromatic rings. The van der Waals surface area contributed by atoms with Crippen molar-refractivity contribution in [3.63, 3.8) is 0 Å². The third-order valence-electron chi connectivity index (χ3n) is 4.12. The normalized spacial score (nSPS) is 20.9. The molecule has 1 aliphatic carbocycles. The molecular formula is C17H17F3N2. The third-order valence-corrected chi connectivity index (χ3v) is 4.12. The van der Waals surface area contributed by atoms with Crippen LogP contribution in [0.4, 0.5) is 13.2 Å². The topological polar surface area (TPSA) is 38.0 Å². The van der Waals surface area contributed by atoms with Crippen molar-refractivity contribution in [1.29, 1.82) is 0 Å². The van der Waals surface area contributed by atoms with E-state index in [9.17, 15) is 13.2 Å². The second-order valence-corrected chi connectivity index (χ2v) is 5.56. The van der Waals surface area contributed by atoms with E-state index in [1.165, 1.54) is 12.1 Å². The van der Waals surface area contributed by atoms with E-state index in [0.29, 0.717) is 6.42 Å². The smallest absolute Gasteiger partial charge is 0.324 e. The Morgan fingerprint density at radius 1 is 1.00 bits per heavy atom. The fourth-order valence-corrected chi connectivity index (χ4v) is 3.05. The summed E-state index contributed by atoms with van der Waals surface area (Å²) in [5.41, 5.74) is 7.91. The molecular weight excluding hydrogens is 289 g/mol. The molecule has 0 bridgehead atoms. The van der Waals surface area contributed by atoms with Crippen molar-refractivity contribution < 1.29 is 13.2 Å². The summed E-state index contributed by atoms with van der Waals surface area (Å²) in [4.78, 5) is 0. The molecule has 0 saturated carbocycles. The number of rotatable bonds is 3. The van der Waals surface area contributed by atoms with Gasteiger partial charge in [-0.1, -0.05) is 42.5 Å². The van der Waals surface area contributed by atoms with Crippen LogP contribution in [0.5, 0.6) is 0 Å². The van der Waals surface area contributed by atoms with Crippen LogP contribution < -0.4 is 11.1 Å². The standard InChI is InChI=1S/C17H17F3N2/c18-17(19,20)14-8-4-1-5-11(14)10-22-16-9-15(21)12-6-2-3-7-13(12)16/h1-8,15-16,22H,9-10,21H2. The fraction of sp³-hybridized carbons (Fsp3) is 0.294. The summed E-state index contributed by atoms with van der Waals surface area (Å²) in [5.74, 6) is 0. The van der Waals surface area contributed by atoms with Gasteiger partial charge in [-0.15, -0.1) is 0 Å². The molecule has 22 heavy (non-hydrogen) atoms. The van der Waals surface area contributed by atoms with Gasteiger partial charge in [0.25, 0.3) is 0 Å². The van der Waals surface area contributed by atoms with E-state index in [1.807, 2.05) is 24.3 Å². The number of hydrogen-bond donors (Lipinski definition) is 2. The lowest BCUT2D eigenvalue weighted by Gasteiger charge is -2.17. The summed E-state index contributed by atoms with van der Waals surface area (Å²) in [7, 11) is 0. The Balaban J connectivity index is 1.78. The van der Waals surface area contributed by atoms with Crippen molar-refractivity contribution >= 4 is 0 Å². The number of fused-ring (bicyclic) bond motifs is 1. The number of benzene rings is 2. The predicted octanol–water partition coefficient (Wildman–Crippen LogP) is 3.94. The average Bonchev–Trinajstić information content (AvgIpc) is 2.82. The summed E-state index contributed by atoms with van der Waals surface area (Å²) in [6.45, 7) is 0.168. The minimum absolute atomic E-state index is 0.00695. The quantitative estimate of drug-likeness (QED) is 0.901. The highest BCUT2D eigenvalue weighted by Gasteiger charge is 2.33. The predicted molar refractivity (Wildman–Crippen MR) is 79.0 cm³/mol. The van der Waals surface area contributed by atoms with E-state index >= 15 is 0 Å². The number of nitrogens with two attached hydrogens (primary N) is 1. The van der Waals surface area contributed by atoms with Gasteiger partial charge in [0.1, 0.15) is 0 Å². The van der Waals surface area contributed by atoms with Crippen LogP contribution in [0.2, 0.25) is 0 Å². The monoisotopic (exact) mass is 306 g/mol. The number of nitrogens with one attached hydrogen (secondary N) is 1. The molecule has 2 aromatic carbocycles. The maximum Gasteiger partial charge on any atom is 0.416 e. The van der Waals surface area contributed by atoms with Crippen molar-refractivity contribution in [2.24, 2.45) is 5.73 Å². The van der Waals surface area contributed by atoms with Gasteiger partial charge < -0.3 is 11.1 Å². The third kappa shape index (κ3) is 2.87. The SMILES string of the molecule is NC1CC(NCc2ccccc2C(F)(F)F)c2ccccc21. The molecule has 0 saturated heterocycles. The minimum atomic E-state index is -4.33. The lowest BCUT2D eigenvalue weighted by Crippen LogP contribution is -2.21. The highest BCUT2D eigenvalue weighted by atomic mass is 19.4. The lowest BCUT2D eigenvalue weighted by molar-refractivity contribution is -0.138. The van der Waals surface area contributed by atoms with E-state index in [4.69, 9.17) is 5.73 Å². The Labute approximate surface area is 127 Å². The van der Waals surface area contributed by atoms with E-state index in [-0.39, 0.29) is 24.2 Å². The first-order chi connectivity index (χ1) is 10.5. The van der Waals surface area contributed by atoms with Crippen LogP contribution in [-0.2, 0) is 12.7 Å². The zero-order valence-electron chi connectivity index (χ0n) is 11.9. The number of hydrogen-bond acceptors (Lipinski definition) is 2. The Morgan fingerprint density at radius 2 is 1.64 bits per heavy atom. The van der Waals surface area contributed by atoms with Crippen LogP contribution in [0.3, 0.4) is 0 Å². The second-order valence-electron chi connectivity index (χ2n) is 5.56. The maximum absolute atomic E-state index is 13.0. The summed E-state index contributed by atoms with van der Waals surface area (Å²) in [6.07, 6.45) is -3.63.